The Balaban J connectivity index is 2.72. The van der Waals surface area contributed by atoms with Crippen LogP contribution in [0.3, 0.4) is 0 Å². The van der Waals surface area contributed by atoms with Gasteiger partial charge in [-0.15, -0.1) is 0 Å². The molecule has 0 amide bonds. The summed E-state index contributed by atoms with van der Waals surface area (Å²) in [7, 11) is 0. The number of hydrogen-bond acceptors (Lipinski definition) is 2. The number of benzene rings is 1. The zero-order valence-corrected chi connectivity index (χ0v) is 11.6. The van der Waals surface area contributed by atoms with E-state index < -0.39 is 25.3 Å². The average molecular weight is 311 g/mol. The fourth-order valence-corrected chi connectivity index (χ4v) is 1.89. The summed E-state index contributed by atoms with van der Waals surface area (Å²) >= 11 is 0. The fourth-order valence-electron chi connectivity index (χ4n) is 1.89. The lowest BCUT2D eigenvalue weighted by molar-refractivity contribution is -0.136. The second kappa shape index (κ2) is 8.17. The number of nitrogens with one attached hydrogen (secondary N) is 1. The van der Waals surface area contributed by atoms with Crippen LogP contribution in [0.2, 0.25) is 0 Å². The van der Waals surface area contributed by atoms with Crippen LogP contribution < -0.4 is 10.1 Å². The molecule has 1 aromatic rings. The van der Waals surface area contributed by atoms with Crippen molar-refractivity contribution in [2.24, 2.45) is 0 Å². The Morgan fingerprint density at radius 3 is 2.24 bits per heavy atom. The van der Waals surface area contributed by atoms with Crippen LogP contribution in [-0.4, -0.2) is 19.3 Å². The van der Waals surface area contributed by atoms with E-state index in [2.05, 4.69) is 10.1 Å². The van der Waals surface area contributed by atoms with Crippen LogP contribution in [0, 0.1) is 0 Å². The van der Waals surface area contributed by atoms with E-state index in [4.69, 9.17) is 0 Å². The number of ether oxygens (including phenoxy) is 1. The molecule has 2 nitrogen and oxygen atoms in total. The molecule has 0 spiro atoms. The second-order valence-electron chi connectivity index (χ2n) is 4.61. The maximum Gasteiger partial charge on any atom is 0.389 e. The van der Waals surface area contributed by atoms with E-state index in [9.17, 15) is 22.0 Å². The monoisotopic (exact) mass is 311 g/mol. The minimum atomic E-state index is -4.22. The zero-order chi connectivity index (χ0) is 15.9. The second-order valence-corrected chi connectivity index (χ2v) is 4.61. The number of rotatable bonds is 8. The molecule has 120 valence electrons. The van der Waals surface area contributed by atoms with Gasteiger partial charge in [0.2, 0.25) is 0 Å². The van der Waals surface area contributed by atoms with E-state index in [0.29, 0.717) is 12.1 Å². The van der Waals surface area contributed by atoms with Crippen LogP contribution in [0.15, 0.2) is 24.3 Å². The Morgan fingerprint density at radius 2 is 1.76 bits per heavy atom. The molecule has 0 bridgehead atoms. The molecule has 0 aliphatic rings. The topological polar surface area (TPSA) is 21.3 Å². The lowest BCUT2D eigenvalue weighted by Crippen LogP contribution is -2.24. The van der Waals surface area contributed by atoms with E-state index in [0.717, 1.165) is 6.42 Å². The van der Waals surface area contributed by atoms with Crippen LogP contribution in [0.25, 0.3) is 0 Å². The summed E-state index contributed by atoms with van der Waals surface area (Å²) in [4.78, 5) is 0. The molecule has 1 aromatic carbocycles. The van der Waals surface area contributed by atoms with E-state index in [-0.39, 0.29) is 12.2 Å². The first-order chi connectivity index (χ1) is 9.81. The van der Waals surface area contributed by atoms with Gasteiger partial charge in [-0.1, -0.05) is 19.1 Å². The average Bonchev–Trinajstić information content (AvgIpc) is 2.38. The number of hydrogen-bond donors (Lipinski definition) is 1. The Bertz CT molecular complexity index is 405. The molecule has 1 atom stereocenters. The van der Waals surface area contributed by atoms with Gasteiger partial charge in [0.05, 0.1) is 0 Å². The molecule has 0 saturated heterocycles. The third-order valence-electron chi connectivity index (χ3n) is 2.86. The van der Waals surface area contributed by atoms with Crippen molar-refractivity contribution < 1.29 is 26.7 Å². The summed E-state index contributed by atoms with van der Waals surface area (Å²) in [5.41, 5.74) is 0.620. The van der Waals surface area contributed by atoms with Gasteiger partial charge in [0.15, 0.2) is 0 Å². The quantitative estimate of drug-likeness (QED) is 0.704. The van der Waals surface area contributed by atoms with Gasteiger partial charge in [0, 0.05) is 12.5 Å². The molecular weight excluding hydrogens is 293 g/mol. The first kappa shape index (κ1) is 17.7. The molecule has 0 aliphatic heterocycles. The summed E-state index contributed by atoms with van der Waals surface area (Å²) < 4.78 is 65.3. The van der Waals surface area contributed by atoms with Crippen molar-refractivity contribution in [3.05, 3.63) is 29.8 Å². The van der Waals surface area contributed by atoms with Crippen molar-refractivity contribution in [1.82, 2.24) is 5.32 Å². The van der Waals surface area contributed by atoms with Crippen LogP contribution >= 0.6 is 0 Å². The smallest absolute Gasteiger partial charge is 0.389 e. The lowest BCUT2D eigenvalue weighted by Gasteiger charge is -2.20. The highest BCUT2D eigenvalue weighted by molar-refractivity contribution is 5.29. The molecule has 0 heterocycles. The van der Waals surface area contributed by atoms with Crippen molar-refractivity contribution in [1.29, 1.82) is 0 Å². The number of alkyl halides is 5. The van der Waals surface area contributed by atoms with Gasteiger partial charge < -0.3 is 10.1 Å². The Morgan fingerprint density at radius 1 is 1.14 bits per heavy atom. The number of halogens is 5. The SMILES string of the molecule is CCCNC(CCC(F)(F)F)c1ccc(OC(F)F)cc1. The molecule has 1 N–H and O–H groups in total. The predicted molar refractivity (Wildman–Crippen MR) is 69.4 cm³/mol. The van der Waals surface area contributed by atoms with Crippen molar-refractivity contribution >= 4 is 0 Å². The Kier molecular flexibility index (Phi) is 6.87. The van der Waals surface area contributed by atoms with Crippen molar-refractivity contribution in [2.75, 3.05) is 6.54 Å². The van der Waals surface area contributed by atoms with E-state index in [1.165, 1.54) is 24.3 Å². The predicted octanol–water partition coefficient (Wildman–Crippen LogP) is 4.67. The molecule has 0 aliphatic carbocycles. The highest BCUT2D eigenvalue weighted by atomic mass is 19.4. The largest absolute Gasteiger partial charge is 0.435 e. The van der Waals surface area contributed by atoms with Crippen molar-refractivity contribution in [2.45, 2.75) is 45.0 Å². The molecule has 1 unspecified atom stereocenters. The molecule has 0 saturated carbocycles. The third kappa shape index (κ3) is 7.27. The van der Waals surface area contributed by atoms with Gasteiger partial charge >= 0.3 is 12.8 Å². The van der Waals surface area contributed by atoms with E-state index >= 15 is 0 Å². The molecule has 0 fully saturated rings. The third-order valence-corrected chi connectivity index (χ3v) is 2.86. The highest BCUT2D eigenvalue weighted by Crippen LogP contribution is 2.28. The fraction of sp³-hybridized carbons (Fsp3) is 0.571. The molecule has 0 radical (unpaired) electrons. The van der Waals surface area contributed by atoms with Gasteiger partial charge in [-0.05, 0) is 37.1 Å². The van der Waals surface area contributed by atoms with Gasteiger partial charge in [0.1, 0.15) is 5.75 Å². The molecule has 7 heteroatoms. The van der Waals surface area contributed by atoms with Crippen molar-refractivity contribution in [3.8, 4) is 5.75 Å². The normalized spacial score (nSPS) is 13.5. The van der Waals surface area contributed by atoms with Gasteiger partial charge in [-0.3, -0.25) is 0 Å². The zero-order valence-electron chi connectivity index (χ0n) is 11.6. The lowest BCUT2D eigenvalue weighted by atomic mass is 10.0. The summed E-state index contributed by atoms with van der Waals surface area (Å²) in [6, 6.07) is 5.20. The van der Waals surface area contributed by atoms with Gasteiger partial charge in [0.25, 0.3) is 0 Å². The first-order valence-corrected chi connectivity index (χ1v) is 6.66. The minimum absolute atomic E-state index is 0.0150. The van der Waals surface area contributed by atoms with Crippen LogP contribution in [0.5, 0.6) is 5.75 Å². The summed E-state index contributed by atoms with van der Waals surface area (Å²) in [6.07, 6.45) is -4.43. The first-order valence-electron chi connectivity index (χ1n) is 6.66. The van der Waals surface area contributed by atoms with Crippen LogP contribution in [0.4, 0.5) is 22.0 Å². The molecule has 1 rings (SSSR count). The molecular formula is C14H18F5NO. The van der Waals surface area contributed by atoms with E-state index in [1.807, 2.05) is 6.92 Å². The minimum Gasteiger partial charge on any atom is -0.435 e. The molecule has 21 heavy (non-hydrogen) atoms. The Labute approximate surface area is 120 Å². The van der Waals surface area contributed by atoms with Crippen LogP contribution in [-0.2, 0) is 0 Å². The van der Waals surface area contributed by atoms with Crippen molar-refractivity contribution in [3.63, 3.8) is 0 Å². The highest BCUT2D eigenvalue weighted by Gasteiger charge is 2.28. The maximum absolute atomic E-state index is 12.3. The van der Waals surface area contributed by atoms with Gasteiger partial charge in [-0.25, -0.2) is 0 Å². The summed E-state index contributed by atoms with van der Waals surface area (Å²) in [6.45, 7) is -0.430. The summed E-state index contributed by atoms with van der Waals surface area (Å²) in [5.74, 6) is -0.0150. The van der Waals surface area contributed by atoms with Gasteiger partial charge in [-0.2, -0.15) is 22.0 Å². The summed E-state index contributed by atoms with van der Waals surface area (Å²) in [5, 5.41) is 3.03. The maximum atomic E-state index is 12.3. The standard InChI is InChI=1S/C14H18F5NO/c1-2-9-20-12(7-8-14(17,18)19)10-3-5-11(6-4-10)21-13(15)16/h3-6,12-13,20H,2,7-9H2,1H3. The Hall–Kier alpha value is -1.37. The molecule has 0 aromatic heterocycles. The van der Waals surface area contributed by atoms with Crippen LogP contribution in [0.1, 0.15) is 37.8 Å². The van der Waals surface area contributed by atoms with E-state index in [1.54, 1.807) is 0 Å².